The van der Waals surface area contributed by atoms with Gasteiger partial charge in [-0.1, -0.05) is 17.7 Å². The molecule has 1 aromatic heterocycles. The fourth-order valence-electron chi connectivity index (χ4n) is 2.19. The zero-order chi connectivity index (χ0) is 17.4. The number of carboxylic acid groups (broad SMARTS) is 1. The van der Waals surface area contributed by atoms with Gasteiger partial charge in [0.05, 0.1) is 10.6 Å². The molecular formula is C16H11ClN2O5. The van der Waals surface area contributed by atoms with Crippen LogP contribution in [0.5, 0.6) is 0 Å². The van der Waals surface area contributed by atoms with E-state index in [1.807, 2.05) is 0 Å². The number of rotatable bonds is 3. The van der Waals surface area contributed by atoms with Gasteiger partial charge in [0.15, 0.2) is 0 Å². The largest absolute Gasteiger partial charge is 0.478 e. The Morgan fingerprint density at radius 1 is 1.29 bits per heavy atom. The standard InChI is InChI=1S/C16H11ClN2O5/c1-19-14(20)12(18-16(19)23)7-9-3-5-13(24-9)8-2-4-10(15(21)22)11(17)6-8/h2-7H,1H3,(H,18,23)(H,21,22)/b12-7+. The molecule has 1 aromatic carbocycles. The van der Waals surface area contributed by atoms with E-state index in [2.05, 4.69) is 5.32 Å². The molecule has 2 heterocycles. The molecule has 0 saturated carbocycles. The molecule has 0 bridgehead atoms. The smallest absolute Gasteiger partial charge is 0.337 e. The number of amides is 3. The summed E-state index contributed by atoms with van der Waals surface area (Å²) in [5.74, 6) is -0.754. The normalized spacial score (nSPS) is 15.9. The van der Waals surface area contributed by atoms with Gasteiger partial charge in [-0.05, 0) is 24.3 Å². The maximum absolute atomic E-state index is 11.8. The number of furan rings is 1. The second kappa shape index (κ2) is 5.86. The minimum absolute atomic E-state index is 0.00313. The van der Waals surface area contributed by atoms with Crippen molar-refractivity contribution in [2.45, 2.75) is 0 Å². The Balaban J connectivity index is 1.89. The molecule has 0 unspecified atom stereocenters. The second-order valence-electron chi connectivity index (χ2n) is 5.05. The molecule has 2 N–H and O–H groups in total. The first-order valence-electron chi connectivity index (χ1n) is 6.80. The van der Waals surface area contributed by atoms with Crippen LogP contribution in [0.25, 0.3) is 17.4 Å². The predicted octanol–water partition coefficient (Wildman–Crippen LogP) is 2.82. The van der Waals surface area contributed by atoms with E-state index in [4.69, 9.17) is 21.1 Å². The first kappa shape index (κ1) is 15.8. The Hall–Kier alpha value is -3.06. The van der Waals surface area contributed by atoms with E-state index >= 15 is 0 Å². The van der Waals surface area contributed by atoms with Gasteiger partial charge in [-0.2, -0.15) is 0 Å². The van der Waals surface area contributed by atoms with Crippen LogP contribution in [0.3, 0.4) is 0 Å². The average molecular weight is 347 g/mol. The second-order valence-corrected chi connectivity index (χ2v) is 5.46. The van der Waals surface area contributed by atoms with E-state index in [0.717, 1.165) is 4.90 Å². The van der Waals surface area contributed by atoms with E-state index < -0.39 is 17.9 Å². The molecule has 24 heavy (non-hydrogen) atoms. The molecule has 0 spiro atoms. The number of carboxylic acids is 1. The number of likely N-dealkylation sites (N-methyl/N-ethyl adjacent to an activating group) is 1. The molecule has 122 valence electrons. The number of imide groups is 1. The van der Waals surface area contributed by atoms with Crippen molar-refractivity contribution >= 4 is 35.6 Å². The third-order valence-corrected chi connectivity index (χ3v) is 3.79. The highest BCUT2D eigenvalue weighted by molar-refractivity contribution is 6.33. The van der Waals surface area contributed by atoms with Gasteiger partial charge in [-0.25, -0.2) is 9.59 Å². The molecule has 1 aliphatic rings. The maximum Gasteiger partial charge on any atom is 0.337 e. The highest BCUT2D eigenvalue weighted by Gasteiger charge is 2.30. The lowest BCUT2D eigenvalue weighted by atomic mass is 10.1. The summed E-state index contributed by atoms with van der Waals surface area (Å²) in [6, 6.07) is 7.21. The third kappa shape index (κ3) is 2.77. The molecule has 7 nitrogen and oxygen atoms in total. The Bertz CT molecular complexity index is 900. The number of hydrogen-bond donors (Lipinski definition) is 2. The number of benzene rings is 1. The molecule has 3 rings (SSSR count). The summed E-state index contributed by atoms with van der Waals surface area (Å²) in [6.07, 6.45) is 1.42. The van der Waals surface area contributed by atoms with Crippen molar-refractivity contribution in [3.8, 4) is 11.3 Å². The minimum Gasteiger partial charge on any atom is -0.478 e. The van der Waals surface area contributed by atoms with Crippen LogP contribution in [0.15, 0.2) is 40.4 Å². The van der Waals surface area contributed by atoms with E-state index in [9.17, 15) is 14.4 Å². The quantitative estimate of drug-likeness (QED) is 0.657. The fraction of sp³-hybridized carbons (Fsp3) is 0.0625. The van der Waals surface area contributed by atoms with Crippen LogP contribution >= 0.6 is 11.6 Å². The molecule has 1 aliphatic heterocycles. The highest BCUT2D eigenvalue weighted by Crippen LogP contribution is 2.28. The van der Waals surface area contributed by atoms with Crippen LogP contribution in [0, 0.1) is 0 Å². The first-order chi connectivity index (χ1) is 11.4. The number of carbonyl (C=O) groups is 3. The lowest BCUT2D eigenvalue weighted by Gasteiger charge is -2.01. The Kier molecular flexibility index (Phi) is 3.86. The fourth-order valence-corrected chi connectivity index (χ4v) is 2.45. The molecule has 1 saturated heterocycles. The van der Waals surface area contributed by atoms with Crippen molar-refractivity contribution in [3.63, 3.8) is 0 Å². The average Bonchev–Trinajstić information content (AvgIpc) is 3.09. The minimum atomic E-state index is -1.11. The SMILES string of the molecule is CN1C(=O)N/C(=C/c2ccc(-c3ccc(C(=O)O)c(Cl)c3)o2)C1=O. The Morgan fingerprint density at radius 3 is 2.62 bits per heavy atom. The van der Waals surface area contributed by atoms with Gasteiger partial charge < -0.3 is 14.8 Å². The van der Waals surface area contributed by atoms with E-state index in [0.29, 0.717) is 17.1 Å². The van der Waals surface area contributed by atoms with Crippen molar-refractivity contribution < 1.29 is 23.9 Å². The van der Waals surface area contributed by atoms with Crippen molar-refractivity contribution in [2.24, 2.45) is 0 Å². The number of nitrogens with zero attached hydrogens (tertiary/aromatic N) is 1. The van der Waals surface area contributed by atoms with Crippen molar-refractivity contribution in [1.29, 1.82) is 0 Å². The van der Waals surface area contributed by atoms with Gasteiger partial charge >= 0.3 is 12.0 Å². The first-order valence-corrected chi connectivity index (χ1v) is 7.18. The summed E-state index contributed by atoms with van der Waals surface area (Å²) in [6.45, 7) is 0. The highest BCUT2D eigenvalue weighted by atomic mass is 35.5. The number of urea groups is 1. The van der Waals surface area contributed by atoms with Gasteiger partial charge in [0, 0.05) is 18.7 Å². The number of aromatic carboxylic acids is 1. The van der Waals surface area contributed by atoms with Crippen LogP contribution < -0.4 is 5.32 Å². The Labute approximate surface area is 141 Å². The van der Waals surface area contributed by atoms with Crippen LogP contribution in [0.4, 0.5) is 4.79 Å². The summed E-state index contributed by atoms with van der Waals surface area (Å²) in [5.41, 5.74) is 0.702. The van der Waals surface area contributed by atoms with Crippen molar-refractivity contribution in [1.82, 2.24) is 10.2 Å². The zero-order valence-corrected chi connectivity index (χ0v) is 13.1. The van der Waals surface area contributed by atoms with Crippen LogP contribution in [0.2, 0.25) is 5.02 Å². The summed E-state index contributed by atoms with van der Waals surface area (Å²) in [5, 5.41) is 11.5. The van der Waals surface area contributed by atoms with Crippen LogP contribution in [0.1, 0.15) is 16.1 Å². The van der Waals surface area contributed by atoms with Gasteiger partial charge in [-0.3, -0.25) is 9.69 Å². The molecule has 0 atom stereocenters. The number of nitrogens with one attached hydrogen (secondary N) is 1. The topological polar surface area (TPSA) is 99.8 Å². The molecule has 2 aromatic rings. The zero-order valence-electron chi connectivity index (χ0n) is 12.4. The van der Waals surface area contributed by atoms with Crippen molar-refractivity contribution in [3.05, 3.63) is 52.4 Å². The summed E-state index contributed by atoms with van der Waals surface area (Å²) in [4.78, 5) is 35.1. The van der Waals surface area contributed by atoms with E-state index in [1.54, 1.807) is 18.2 Å². The van der Waals surface area contributed by atoms with Crippen LogP contribution in [-0.4, -0.2) is 35.0 Å². The summed E-state index contributed by atoms with van der Waals surface area (Å²) >= 11 is 5.94. The third-order valence-electron chi connectivity index (χ3n) is 3.48. The lowest BCUT2D eigenvalue weighted by Crippen LogP contribution is -2.25. The monoisotopic (exact) mass is 346 g/mol. The van der Waals surface area contributed by atoms with Gasteiger partial charge in [0.2, 0.25) is 0 Å². The van der Waals surface area contributed by atoms with Gasteiger partial charge in [0.1, 0.15) is 17.2 Å². The molecule has 8 heteroatoms. The molecular weight excluding hydrogens is 336 g/mol. The lowest BCUT2D eigenvalue weighted by molar-refractivity contribution is -0.121. The Morgan fingerprint density at radius 2 is 2.04 bits per heavy atom. The van der Waals surface area contributed by atoms with E-state index in [-0.39, 0.29) is 16.3 Å². The van der Waals surface area contributed by atoms with Gasteiger partial charge in [-0.15, -0.1) is 0 Å². The van der Waals surface area contributed by atoms with Crippen molar-refractivity contribution in [2.75, 3.05) is 7.05 Å². The maximum atomic E-state index is 11.8. The molecule has 3 amide bonds. The molecule has 0 aliphatic carbocycles. The van der Waals surface area contributed by atoms with E-state index in [1.165, 1.54) is 25.3 Å². The number of hydrogen-bond acceptors (Lipinski definition) is 4. The number of carbonyl (C=O) groups excluding carboxylic acids is 2. The number of halogens is 1. The summed E-state index contributed by atoms with van der Waals surface area (Å²) < 4.78 is 5.60. The van der Waals surface area contributed by atoms with Crippen LogP contribution in [-0.2, 0) is 4.79 Å². The molecule has 0 radical (unpaired) electrons. The summed E-state index contributed by atoms with van der Waals surface area (Å²) in [7, 11) is 1.37. The van der Waals surface area contributed by atoms with Gasteiger partial charge in [0.25, 0.3) is 5.91 Å². The molecule has 1 fully saturated rings. The predicted molar refractivity (Wildman–Crippen MR) is 85.4 cm³/mol.